The SMILES string of the molecule is COC(=O)c1cc(CF)c(OC)c(OC(F)(F)F)n1. The summed E-state index contributed by atoms with van der Waals surface area (Å²) in [5.74, 6) is -2.61. The standard InChI is InChI=1S/C10H9F4NO4/c1-17-7-5(4-11)3-6(9(16)18-2)15-8(7)19-10(12,13)14/h3H,4H2,1-2H3. The summed E-state index contributed by atoms with van der Waals surface area (Å²) in [4.78, 5) is 14.5. The zero-order chi connectivity index (χ0) is 14.6. The van der Waals surface area contributed by atoms with E-state index < -0.39 is 36.3 Å². The summed E-state index contributed by atoms with van der Waals surface area (Å²) >= 11 is 0. The van der Waals surface area contributed by atoms with Crippen molar-refractivity contribution >= 4 is 5.97 Å². The summed E-state index contributed by atoms with van der Waals surface area (Å²) < 4.78 is 61.8. The predicted octanol–water partition coefficient (Wildman–Crippen LogP) is 2.24. The molecule has 0 aliphatic carbocycles. The fourth-order valence-electron chi connectivity index (χ4n) is 1.27. The zero-order valence-electron chi connectivity index (χ0n) is 9.88. The number of nitrogens with zero attached hydrogens (tertiary/aromatic N) is 1. The van der Waals surface area contributed by atoms with Crippen LogP contribution in [0, 0.1) is 0 Å². The van der Waals surface area contributed by atoms with E-state index in [1.807, 2.05) is 0 Å². The van der Waals surface area contributed by atoms with Gasteiger partial charge in [0, 0.05) is 5.56 Å². The number of carbonyl (C=O) groups is 1. The number of methoxy groups -OCH3 is 2. The Morgan fingerprint density at radius 3 is 2.42 bits per heavy atom. The van der Waals surface area contributed by atoms with Gasteiger partial charge in [-0.05, 0) is 6.07 Å². The van der Waals surface area contributed by atoms with Crippen LogP contribution in [0.4, 0.5) is 17.6 Å². The number of ether oxygens (including phenoxy) is 3. The summed E-state index contributed by atoms with van der Waals surface area (Å²) in [7, 11) is 2.03. The van der Waals surface area contributed by atoms with Gasteiger partial charge in [-0.3, -0.25) is 0 Å². The minimum Gasteiger partial charge on any atom is -0.491 e. The molecule has 0 N–H and O–H groups in total. The molecule has 0 radical (unpaired) electrons. The molecular weight excluding hydrogens is 274 g/mol. The molecule has 1 aromatic heterocycles. The second kappa shape index (κ2) is 5.72. The second-order valence-electron chi connectivity index (χ2n) is 3.18. The van der Waals surface area contributed by atoms with Crippen LogP contribution >= 0.6 is 0 Å². The Kier molecular flexibility index (Phi) is 4.52. The molecule has 0 bridgehead atoms. The highest BCUT2D eigenvalue weighted by Gasteiger charge is 2.34. The van der Waals surface area contributed by atoms with Crippen LogP contribution in [0.15, 0.2) is 6.07 Å². The zero-order valence-corrected chi connectivity index (χ0v) is 9.88. The van der Waals surface area contributed by atoms with Gasteiger partial charge in [0.15, 0.2) is 11.4 Å². The molecule has 1 aromatic rings. The van der Waals surface area contributed by atoms with Gasteiger partial charge in [0.05, 0.1) is 14.2 Å². The molecule has 0 atom stereocenters. The first kappa shape index (κ1) is 15.0. The molecule has 9 heteroatoms. The monoisotopic (exact) mass is 283 g/mol. The molecule has 1 rings (SSSR count). The van der Waals surface area contributed by atoms with E-state index >= 15 is 0 Å². The molecule has 0 saturated heterocycles. The molecule has 0 amide bonds. The van der Waals surface area contributed by atoms with Crippen LogP contribution in [-0.4, -0.2) is 31.5 Å². The van der Waals surface area contributed by atoms with Crippen LogP contribution < -0.4 is 9.47 Å². The van der Waals surface area contributed by atoms with Crippen molar-refractivity contribution in [1.29, 1.82) is 0 Å². The number of rotatable bonds is 4. The van der Waals surface area contributed by atoms with Crippen molar-refractivity contribution in [2.45, 2.75) is 13.0 Å². The number of carbonyl (C=O) groups excluding carboxylic acids is 1. The summed E-state index contributed by atoms with van der Waals surface area (Å²) in [6, 6.07) is 0.925. The number of hydrogen-bond acceptors (Lipinski definition) is 5. The normalized spacial score (nSPS) is 11.1. The van der Waals surface area contributed by atoms with E-state index in [2.05, 4.69) is 19.2 Å². The van der Waals surface area contributed by atoms with Crippen molar-refractivity contribution in [3.63, 3.8) is 0 Å². The van der Waals surface area contributed by atoms with E-state index in [0.717, 1.165) is 20.3 Å². The van der Waals surface area contributed by atoms with Crippen molar-refractivity contribution in [1.82, 2.24) is 4.98 Å². The van der Waals surface area contributed by atoms with Crippen LogP contribution in [0.2, 0.25) is 0 Å². The number of aromatic nitrogens is 1. The maximum Gasteiger partial charge on any atom is 0.574 e. The van der Waals surface area contributed by atoms with Gasteiger partial charge in [0.25, 0.3) is 5.88 Å². The second-order valence-corrected chi connectivity index (χ2v) is 3.18. The quantitative estimate of drug-likeness (QED) is 0.626. The summed E-state index contributed by atoms with van der Waals surface area (Å²) in [6.45, 7) is -1.16. The van der Waals surface area contributed by atoms with E-state index in [9.17, 15) is 22.4 Å². The maximum atomic E-state index is 12.7. The molecule has 5 nitrogen and oxygen atoms in total. The van der Waals surface area contributed by atoms with Crippen LogP contribution in [-0.2, 0) is 11.4 Å². The van der Waals surface area contributed by atoms with Crippen molar-refractivity contribution < 1.29 is 36.6 Å². The Hall–Kier alpha value is -2.06. The minimum absolute atomic E-state index is 0.308. The Balaban J connectivity index is 3.35. The maximum absolute atomic E-state index is 12.7. The first-order chi connectivity index (χ1) is 8.82. The highest BCUT2D eigenvalue weighted by molar-refractivity contribution is 5.87. The molecule has 106 valence electrons. The lowest BCUT2D eigenvalue weighted by Crippen LogP contribution is -2.20. The highest BCUT2D eigenvalue weighted by Crippen LogP contribution is 2.34. The van der Waals surface area contributed by atoms with Gasteiger partial charge in [-0.2, -0.15) is 0 Å². The summed E-state index contributed by atoms with van der Waals surface area (Å²) in [6.07, 6.45) is -5.05. The van der Waals surface area contributed by atoms with Crippen molar-refractivity contribution in [3.05, 3.63) is 17.3 Å². The molecule has 0 aliphatic rings. The molecule has 0 unspecified atom stereocenters. The fourth-order valence-corrected chi connectivity index (χ4v) is 1.27. The number of alkyl halides is 4. The van der Waals surface area contributed by atoms with Gasteiger partial charge in [0.1, 0.15) is 6.67 Å². The first-order valence-electron chi connectivity index (χ1n) is 4.80. The Labute approximate surface area is 105 Å². The van der Waals surface area contributed by atoms with Crippen LogP contribution in [0.25, 0.3) is 0 Å². The Morgan fingerprint density at radius 1 is 1.37 bits per heavy atom. The average molecular weight is 283 g/mol. The molecule has 0 aromatic carbocycles. The molecule has 0 spiro atoms. The van der Waals surface area contributed by atoms with Gasteiger partial charge in [-0.25, -0.2) is 14.2 Å². The van der Waals surface area contributed by atoms with Gasteiger partial charge in [0.2, 0.25) is 0 Å². The van der Waals surface area contributed by atoms with E-state index in [0.29, 0.717) is 0 Å². The van der Waals surface area contributed by atoms with Crippen LogP contribution in [0.1, 0.15) is 16.1 Å². The fraction of sp³-hybridized carbons (Fsp3) is 0.400. The average Bonchev–Trinajstić information content (AvgIpc) is 2.34. The molecule has 0 aliphatic heterocycles. The van der Waals surface area contributed by atoms with Crippen molar-refractivity contribution in [3.8, 4) is 11.6 Å². The van der Waals surface area contributed by atoms with Crippen LogP contribution in [0.3, 0.4) is 0 Å². The van der Waals surface area contributed by atoms with Crippen LogP contribution in [0.5, 0.6) is 11.6 Å². The van der Waals surface area contributed by atoms with Gasteiger partial charge in [-0.15, -0.1) is 13.2 Å². The number of halogens is 4. The first-order valence-corrected chi connectivity index (χ1v) is 4.80. The van der Waals surface area contributed by atoms with Crippen molar-refractivity contribution in [2.75, 3.05) is 14.2 Å². The number of hydrogen-bond donors (Lipinski definition) is 0. The van der Waals surface area contributed by atoms with Gasteiger partial charge < -0.3 is 14.2 Å². The lowest BCUT2D eigenvalue weighted by molar-refractivity contribution is -0.276. The lowest BCUT2D eigenvalue weighted by Gasteiger charge is -2.14. The molecule has 19 heavy (non-hydrogen) atoms. The topological polar surface area (TPSA) is 57.7 Å². The molecule has 1 heterocycles. The third-order valence-corrected chi connectivity index (χ3v) is 1.97. The smallest absolute Gasteiger partial charge is 0.491 e. The Bertz CT molecular complexity index is 475. The van der Waals surface area contributed by atoms with E-state index in [1.54, 1.807) is 0 Å². The molecule has 0 fully saturated rings. The largest absolute Gasteiger partial charge is 0.574 e. The van der Waals surface area contributed by atoms with Gasteiger partial charge in [-0.1, -0.05) is 0 Å². The summed E-state index contributed by atoms with van der Waals surface area (Å²) in [5.41, 5.74) is -0.827. The third kappa shape index (κ3) is 3.70. The third-order valence-electron chi connectivity index (χ3n) is 1.97. The summed E-state index contributed by atoms with van der Waals surface area (Å²) in [5, 5.41) is 0. The van der Waals surface area contributed by atoms with Crippen molar-refractivity contribution in [2.24, 2.45) is 0 Å². The van der Waals surface area contributed by atoms with E-state index in [-0.39, 0.29) is 5.56 Å². The lowest BCUT2D eigenvalue weighted by atomic mass is 10.2. The minimum atomic E-state index is -5.05. The molecule has 0 saturated carbocycles. The van der Waals surface area contributed by atoms with E-state index in [1.165, 1.54) is 0 Å². The molecular formula is C10H9F4NO4. The highest BCUT2D eigenvalue weighted by atomic mass is 19.4. The number of esters is 1. The Morgan fingerprint density at radius 2 is 2.00 bits per heavy atom. The number of pyridine rings is 1. The predicted molar refractivity (Wildman–Crippen MR) is 53.6 cm³/mol. The van der Waals surface area contributed by atoms with E-state index in [4.69, 9.17) is 0 Å². The van der Waals surface area contributed by atoms with Gasteiger partial charge >= 0.3 is 12.3 Å².